The van der Waals surface area contributed by atoms with Crippen molar-refractivity contribution in [3.8, 4) is 0 Å². The van der Waals surface area contributed by atoms with Gasteiger partial charge in [-0.3, -0.25) is 4.79 Å². The number of carbonyl (C=O) groups excluding carboxylic acids is 1. The standard InChI is InChI=1S/C13H16ClFN2O/c14-11-6-10(3-4-12(11)15)13(18)17-8-9-2-1-5-16-7-9/h3-4,6,9,16H,1-2,5,7-8H2,(H,17,18). The number of nitrogens with one attached hydrogen (secondary N) is 2. The van der Waals surface area contributed by atoms with Gasteiger partial charge in [0.05, 0.1) is 5.02 Å². The molecule has 1 aliphatic heterocycles. The van der Waals surface area contributed by atoms with Crippen LogP contribution in [0.3, 0.4) is 0 Å². The van der Waals surface area contributed by atoms with E-state index in [2.05, 4.69) is 10.6 Å². The van der Waals surface area contributed by atoms with E-state index >= 15 is 0 Å². The molecule has 0 radical (unpaired) electrons. The Bertz CT molecular complexity index is 433. The van der Waals surface area contributed by atoms with Gasteiger partial charge in [-0.2, -0.15) is 0 Å². The maximum Gasteiger partial charge on any atom is 0.251 e. The molecular weight excluding hydrogens is 255 g/mol. The van der Waals surface area contributed by atoms with Crippen LogP contribution in [0, 0.1) is 11.7 Å². The quantitative estimate of drug-likeness (QED) is 0.884. The van der Waals surface area contributed by atoms with Gasteiger partial charge in [-0.1, -0.05) is 11.6 Å². The monoisotopic (exact) mass is 270 g/mol. The first kappa shape index (κ1) is 13.3. The van der Waals surface area contributed by atoms with Crippen molar-refractivity contribution >= 4 is 17.5 Å². The van der Waals surface area contributed by atoms with Gasteiger partial charge in [0.1, 0.15) is 5.82 Å². The topological polar surface area (TPSA) is 41.1 Å². The van der Waals surface area contributed by atoms with Crippen LogP contribution in [0.5, 0.6) is 0 Å². The summed E-state index contributed by atoms with van der Waals surface area (Å²) in [5, 5.41) is 6.12. The summed E-state index contributed by atoms with van der Waals surface area (Å²) in [4.78, 5) is 11.8. The van der Waals surface area contributed by atoms with Gasteiger partial charge < -0.3 is 10.6 Å². The summed E-state index contributed by atoms with van der Waals surface area (Å²) in [6, 6.07) is 4.00. The second kappa shape index (κ2) is 6.16. The Labute approximate surface area is 111 Å². The van der Waals surface area contributed by atoms with Crippen molar-refractivity contribution < 1.29 is 9.18 Å². The molecule has 1 saturated heterocycles. The fourth-order valence-electron chi connectivity index (χ4n) is 2.07. The molecule has 1 heterocycles. The van der Waals surface area contributed by atoms with Crippen molar-refractivity contribution in [3.63, 3.8) is 0 Å². The summed E-state index contributed by atoms with van der Waals surface area (Å²) in [5.41, 5.74) is 0.394. The Balaban J connectivity index is 1.88. The molecule has 0 saturated carbocycles. The van der Waals surface area contributed by atoms with E-state index in [4.69, 9.17) is 11.6 Å². The first-order valence-corrected chi connectivity index (χ1v) is 6.48. The average Bonchev–Trinajstić information content (AvgIpc) is 2.40. The highest BCUT2D eigenvalue weighted by molar-refractivity contribution is 6.31. The molecule has 3 nitrogen and oxygen atoms in total. The molecule has 1 atom stereocenters. The van der Waals surface area contributed by atoms with Gasteiger partial charge in [-0.05, 0) is 50.0 Å². The third kappa shape index (κ3) is 3.43. The van der Waals surface area contributed by atoms with Crippen LogP contribution in [0.4, 0.5) is 4.39 Å². The van der Waals surface area contributed by atoms with Crippen LogP contribution >= 0.6 is 11.6 Å². The highest BCUT2D eigenvalue weighted by atomic mass is 35.5. The molecular formula is C13H16ClFN2O. The molecule has 5 heteroatoms. The Morgan fingerprint density at radius 2 is 2.39 bits per heavy atom. The molecule has 1 aromatic rings. The van der Waals surface area contributed by atoms with E-state index in [9.17, 15) is 9.18 Å². The van der Waals surface area contributed by atoms with Crippen molar-refractivity contribution in [2.24, 2.45) is 5.92 Å². The largest absolute Gasteiger partial charge is 0.352 e. The van der Waals surface area contributed by atoms with E-state index in [-0.39, 0.29) is 10.9 Å². The maximum atomic E-state index is 13.0. The number of halogens is 2. The summed E-state index contributed by atoms with van der Waals surface area (Å²) in [5.74, 6) is -0.245. The van der Waals surface area contributed by atoms with E-state index in [1.54, 1.807) is 0 Å². The van der Waals surface area contributed by atoms with E-state index in [1.165, 1.54) is 18.2 Å². The Hall–Kier alpha value is -1.13. The highest BCUT2D eigenvalue weighted by Gasteiger charge is 2.15. The van der Waals surface area contributed by atoms with Crippen LogP contribution in [-0.4, -0.2) is 25.5 Å². The molecule has 2 rings (SSSR count). The van der Waals surface area contributed by atoms with Gasteiger partial charge in [-0.25, -0.2) is 4.39 Å². The molecule has 0 aliphatic carbocycles. The molecule has 0 bridgehead atoms. The fourth-order valence-corrected chi connectivity index (χ4v) is 2.26. The van der Waals surface area contributed by atoms with Crippen LogP contribution < -0.4 is 10.6 Å². The van der Waals surface area contributed by atoms with Gasteiger partial charge >= 0.3 is 0 Å². The molecule has 0 spiro atoms. The molecule has 1 amide bonds. The maximum absolute atomic E-state index is 13.0. The second-order valence-corrected chi connectivity index (χ2v) is 4.96. The Morgan fingerprint density at radius 1 is 1.56 bits per heavy atom. The Kier molecular flexibility index (Phi) is 4.55. The summed E-state index contributed by atoms with van der Waals surface area (Å²) >= 11 is 5.64. The number of benzene rings is 1. The van der Waals surface area contributed by atoms with Crippen LogP contribution in [0.25, 0.3) is 0 Å². The molecule has 1 fully saturated rings. The van der Waals surface area contributed by atoms with Crippen LogP contribution in [0.2, 0.25) is 5.02 Å². The smallest absolute Gasteiger partial charge is 0.251 e. The third-order valence-corrected chi connectivity index (χ3v) is 3.42. The fraction of sp³-hybridized carbons (Fsp3) is 0.462. The van der Waals surface area contributed by atoms with Crippen molar-refractivity contribution in [1.82, 2.24) is 10.6 Å². The van der Waals surface area contributed by atoms with Gasteiger partial charge in [0.2, 0.25) is 0 Å². The van der Waals surface area contributed by atoms with Crippen LogP contribution in [-0.2, 0) is 0 Å². The molecule has 1 aromatic carbocycles. The first-order valence-electron chi connectivity index (χ1n) is 6.11. The van der Waals surface area contributed by atoms with E-state index in [0.29, 0.717) is 18.0 Å². The number of rotatable bonds is 3. The second-order valence-electron chi connectivity index (χ2n) is 4.55. The first-order chi connectivity index (χ1) is 8.66. The van der Waals surface area contributed by atoms with Crippen LogP contribution in [0.15, 0.2) is 18.2 Å². The lowest BCUT2D eigenvalue weighted by atomic mass is 10.00. The number of carbonyl (C=O) groups is 1. The lowest BCUT2D eigenvalue weighted by Gasteiger charge is -2.22. The summed E-state index contributed by atoms with van der Waals surface area (Å²) in [6.45, 7) is 2.63. The minimum Gasteiger partial charge on any atom is -0.352 e. The molecule has 2 N–H and O–H groups in total. The zero-order valence-electron chi connectivity index (χ0n) is 10.0. The van der Waals surface area contributed by atoms with Crippen molar-refractivity contribution in [1.29, 1.82) is 0 Å². The number of hydrogen-bond donors (Lipinski definition) is 2. The molecule has 0 aromatic heterocycles. The summed E-state index contributed by atoms with van der Waals surface area (Å²) < 4.78 is 13.0. The summed E-state index contributed by atoms with van der Waals surface area (Å²) in [7, 11) is 0. The highest BCUT2D eigenvalue weighted by Crippen LogP contribution is 2.16. The van der Waals surface area contributed by atoms with E-state index in [1.807, 2.05) is 0 Å². The number of amides is 1. The predicted octanol–water partition coefficient (Wildman–Crippen LogP) is 2.21. The van der Waals surface area contributed by atoms with Gasteiger partial charge in [-0.15, -0.1) is 0 Å². The van der Waals surface area contributed by atoms with Crippen LogP contribution in [0.1, 0.15) is 23.2 Å². The van der Waals surface area contributed by atoms with Crippen molar-refractivity contribution in [2.75, 3.05) is 19.6 Å². The number of hydrogen-bond acceptors (Lipinski definition) is 2. The van der Waals surface area contributed by atoms with Gasteiger partial charge in [0, 0.05) is 12.1 Å². The predicted molar refractivity (Wildman–Crippen MR) is 69.3 cm³/mol. The summed E-state index contributed by atoms with van der Waals surface area (Å²) in [6.07, 6.45) is 2.26. The minimum atomic E-state index is -0.510. The van der Waals surface area contributed by atoms with Crippen molar-refractivity contribution in [2.45, 2.75) is 12.8 Å². The minimum absolute atomic E-state index is 0.0259. The lowest BCUT2D eigenvalue weighted by molar-refractivity contribution is 0.0945. The molecule has 18 heavy (non-hydrogen) atoms. The zero-order valence-corrected chi connectivity index (χ0v) is 10.8. The third-order valence-electron chi connectivity index (χ3n) is 3.13. The van der Waals surface area contributed by atoms with E-state index < -0.39 is 5.82 Å². The molecule has 98 valence electrons. The Morgan fingerprint density at radius 3 is 3.06 bits per heavy atom. The molecule has 1 aliphatic rings. The normalized spacial score (nSPS) is 19.6. The zero-order chi connectivity index (χ0) is 13.0. The number of piperidine rings is 1. The van der Waals surface area contributed by atoms with E-state index in [0.717, 1.165) is 25.9 Å². The van der Waals surface area contributed by atoms with Gasteiger partial charge in [0.25, 0.3) is 5.91 Å². The van der Waals surface area contributed by atoms with Gasteiger partial charge in [0.15, 0.2) is 0 Å². The molecule has 1 unspecified atom stereocenters. The lowest BCUT2D eigenvalue weighted by Crippen LogP contribution is -2.38. The SMILES string of the molecule is O=C(NCC1CCCNC1)c1ccc(F)c(Cl)c1. The van der Waals surface area contributed by atoms with Crippen molar-refractivity contribution in [3.05, 3.63) is 34.6 Å². The average molecular weight is 271 g/mol.